The van der Waals surface area contributed by atoms with Gasteiger partial charge in [-0.25, -0.2) is 0 Å². The number of fused-ring (bicyclic) bond motifs is 6. The Morgan fingerprint density at radius 1 is 0.436 bits per heavy atom. The summed E-state index contributed by atoms with van der Waals surface area (Å²) in [6.45, 7) is 0. The van der Waals surface area contributed by atoms with Crippen molar-refractivity contribution in [1.82, 2.24) is 23.7 Å². The zero-order valence-electron chi connectivity index (χ0n) is 30.0. The van der Waals surface area contributed by atoms with Crippen molar-refractivity contribution in [2.45, 2.75) is 12.5 Å². The van der Waals surface area contributed by atoms with E-state index in [0.29, 0.717) is 0 Å². The molecule has 1 unspecified atom stereocenters. The second kappa shape index (κ2) is 12.7. The second-order valence-electron chi connectivity index (χ2n) is 14.3. The molecule has 5 nitrogen and oxygen atoms in total. The van der Waals surface area contributed by atoms with Crippen molar-refractivity contribution in [2.75, 3.05) is 0 Å². The molecular formula is C50H35N5. The van der Waals surface area contributed by atoms with Gasteiger partial charge in [0.05, 0.1) is 28.5 Å². The number of pyridine rings is 2. The minimum atomic E-state index is 0.0817. The normalized spacial score (nSPS) is 14.5. The number of hydrogen-bond donors (Lipinski definition) is 0. The maximum absolute atomic E-state index is 4.44. The highest BCUT2D eigenvalue weighted by Crippen LogP contribution is 2.43. The molecule has 0 fully saturated rings. The van der Waals surface area contributed by atoms with E-state index >= 15 is 0 Å². The van der Waals surface area contributed by atoms with E-state index in [1.807, 2.05) is 36.9 Å². The van der Waals surface area contributed by atoms with E-state index in [-0.39, 0.29) is 6.04 Å². The van der Waals surface area contributed by atoms with Crippen LogP contribution in [0.25, 0.3) is 83.1 Å². The molecule has 0 spiro atoms. The van der Waals surface area contributed by atoms with Gasteiger partial charge in [0.1, 0.15) is 0 Å². The summed E-state index contributed by atoms with van der Waals surface area (Å²) >= 11 is 0. The highest BCUT2D eigenvalue weighted by atomic mass is 15.0. The van der Waals surface area contributed by atoms with Crippen molar-refractivity contribution < 1.29 is 0 Å². The second-order valence-corrected chi connectivity index (χ2v) is 14.3. The molecular weight excluding hydrogens is 671 g/mol. The molecule has 5 aromatic carbocycles. The van der Waals surface area contributed by atoms with E-state index in [9.17, 15) is 0 Å². The summed E-state index contributed by atoms with van der Waals surface area (Å²) in [4.78, 5) is 8.89. The van der Waals surface area contributed by atoms with Gasteiger partial charge in [-0.05, 0) is 103 Å². The molecule has 1 aliphatic rings. The van der Waals surface area contributed by atoms with Gasteiger partial charge in [-0.3, -0.25) is 9.97 Å². The standard InChI is InChI=1S/C50H35N5/c1-5-17-47-41(13-1)42-14-2-6-18-48(42)54(47)39-29-37(30-40(31-39)55-49-19-7-3-15-43(49)44-16-4-8-20-50(44)55)34-21-23-38(24-22-34)53-45(35-11-9-27-51-32-35)25-26-46(53)36-12-10-28-52-33-36/h1-29,31-33,40H,30H2. The molecule has 0 saturated carbocycles. The highest BCUT2D eigenvalue weighted by Gasteiger charge is 2.25. The van der Waals surface area contributed by atoms with Crippen molar-refractivity contribution in [2.24, 2.45) is 0 Å². The van der Waals surface area contributed by atoms with E-state index in [1.54, 1.807) is 0 Å². The monoisotopic (exact) mass is 705 g/mol. The van der Waals surface area contributed by atoms with Crippen LogP contribution in [0.3, 0.4) is 0 Å². The first-order valence-electron chi connectivity index (χ1n) is 18.8. The van der Waals surface area contributed by atoms with Crippen LogP contribution in [0.1, 0.15) is 18.0 Å². The van der Waals surface area contributed by atoms with Crippen LogP contribution in [0, 0.1) is 0 Å². The molecule has 1 atom stereocenters. The zero-order chi connectivity index (χ0) is 36.3. The summed E-state index contributed by atoms with van der Waals surface area (Å²) in [5.41, 5.74) is 14.0. The fraction of sp³-hybridized carbons (Fsp3) is 0.0400. The lowest BCUT2D eigenvalue weighted by atomic mass is 9.92. The number of nitrogens with zero attached hydrogens (tertiary/aromatic N) is 5. The average molecular weight is 706 g/mol. The molecule has 0 N–H and O–H groups in total. The van der Waals surface area contributed by atoms with Crippen LogP contribution < -0.4 is 0 Å². The lowest BCUT2D eigenvalue weighted by Crippen LogP contribution is -2.13. The summed E-state index contributed by atoms with van der Waals surface area (Å²) in [6, 6.07) is 57.0. The predicted octanol–water partition coefficient (Wildman–Crippen LogP) is 12.4. The topological polar surface area (TPSA) is 40.6 Å². The molecule has 0 radical (unpaired) electrons. The number of benzene rings is 5. The summed E-state index contributed by atoms with van der Waals surface area (Å²) in [5, 5.41) is 5.09. The molecule has 0 bridgehead atoms. The molecule has 260 valence electrons. The van der Waals surface area contributed by atoms with Crippen LogP contribution in [-0.4, -0.2) is 23.7 Å². The predicted molar refractivity (Wildman–Crippen MR) is 227 cm³/mol. The van der Waals surface area contributed by atoms with Crippen LogP contribution in [0.2, 0.25) is 0 Å². The van der Waals surface area contributed by atoms with Gasteiger partial charge in [-0.15, -0.1) is 0 Å². The van der Waals surface area contributed by atoms with Crippen molar-refractivity contribution in [3.63, 3.8) is 0 Å². The molecule has 5 heteroatoms. The van der Waals surface area contributed by atoms with E-state index in [0.717, 1.165) is 34.6 Å². The molecule has 11 rings (SSSR count). The Morgan fingerprint density at radius 3 is 1.44 bits per heavy atom. The summed E-state index contributed by atoms with van der Waals surface area (Å²) in [6.07, 6.45) is 13.2. The number of hydrogen-bond acceptors (Lipinski definition) is 2. The van der Waals surface area contributed by atoms with Gasteiger partial charge in [-0.2, -0.15) is 0 Å². The average Bonchev–Trinajstić information content (AvgIpc) is 3.95. The molecule has 0 saturated heterocycles. The smallest absolute Gasteiger partial charge is 0.0586 e. The maximum Gasteiger partial charge on any atom is 0.0586 e. The fourth-order valence-electron chi connectivity index (χ4n) is 8.80. The Labute approximate surface area is 318 Å². The van der Waals surface area contributed by atoms with Crippen LogP contribution in [-0.2, 0) is 0 Å². The zero-order valence-corrected chi connectivity index (χ0v) is 30.0. The van der Waals surface area contributed by atoms with E-state index < -0.39 is 0 Å². The molecule has 5 aromatic heterocycles. The Balaban J connectivity index is 1.09. The molecule has 10 aromatic rings. The fourth-order valence-corrected chi connectivity index (χ4v) is 8.80. The minimum absolute atomic E-state index is 0.0817. The van der Waals surface area contributed by atoms with Crippen molar-refractivity contribution in [1.29, 1.82) is 0 Å². The first-order valence-corrected chi connectivity index (χ1v) is 18.8. The van der Waals surface area contributed by atoms with Crippen molar-refractivity contribution >= 4 is 54.9 Å². The van der Waals surface area contributed by atoms with Gasteiger partial charge in [0.2, 0.25) is 0 Å². The Morgan fingerprint density at radius 2 is 0.927 bits per heavy atom. The molecule has 55 heavy (non-hydrogen) atoms. The van der Waals surface area contributed by atoms with Gasteiger partial charge >= 0.3 is 0 Å². The van der Waals surface area contributed by atoms with Crippen molar-refractivity contribution in [3.8, 4) is 28.2 Å². The first kappa shape index (κ1) is 31.3. The minimum Gasteiger partial charge on any atom is -0.333 e. The molecule has 5 heterocycles. The van der Waals surface area contributed by atoms with Gasteiger partial charge in [0, 0.05) is 79.9 Å². The van der Waals surface area contributed by atoms with Gasteiger partial charge in [-0.1, -0.05) is 84.9 Å². The Hall–Kier alpha value is -7.24. The molecule has 0 aliphatic heterocycles. The number of allylic oxidation sites excluding steroid dienone is 4. The van der Waals surface area contributed by atoms with E-state index in [1.165, 1.54) is 60.4 Å². The summed E-state index contributed by atoms with van der Waals surface area (Å²) < 4.78 is 7.33. The Bertz CT molecular complexity index is 2940. The maximum atomic E-state index is 4.44. The number of para-hydroxylation sites is 4. The van der Waals surface area contributed by atoms with Gasteiger partial charge in [0.25, 0.3) is 0 Å². The van der Waals surface area contributed by atoms with Crippen molar-refractivity contribution in [3.05, 3.63) is 200 Å². The summed E-state index contributed by atoms with van der Waals surface area (Å²) in [5.74, 6) is 0. The lowest BCUT2D eigenvalue weighted by molar-refractivity contribution is 0.656. The van der Waals surface area contributed by atoms with Crippen LogP contribution in [0.15, 0.2) is 195 Å². The highest BCUT2D eigenvalue weighted by molar-refractivity contribution is 6.11. The lowest BCUT2D eigenvalue weighted by Gasteiger charge is -2.26. The number of rotatable bonds is 6. The quantitative estimate of drug-likeness (QED) is 0.173. The van der Waals surface area contributed by atoms with E-state index in [4.69, 9.17) is 0 Å². The largest absolute Gasteiger partial charge is 0.333 e. The van der Waals surface area contributed by atoms with E-state index in [2.05, 4.69) is 181 Å². The molecule has 0 amide bonds. The summed E-state index contributed by atoms with van der Waals surface area (Å²) in [7, 11) is 0. The third-order valence-corrected chi connectivity index (χ3v) is 11.2. The first-order chi connectivity index (χ1) is 27.3. The van der Waals surface area contributed by atoms with Crippen LogP contribution in [0.5, 0.6) is 0 Å². The van der Waals surface area contributed by atoms with Crippen LogP contribution >= 0.6 is 0 Å². The van der Waals surface area contributed by atoms with Crippen LogP contribution in [0.4, 0.5) is 0 Å². The van der Waals surface area contributed by atoms with Gasteiger partial charge < -0.3 is 13.7 Å². The number of aromatic nitrogens is 5. The third-order valence-electron chi connectivity index (χ3n) is 11.2. The molecule has 1 aliphatic carbocycles. The Kier molecular flexibility index (Phi) is 7.24. The third kappa shape index (κ3) is 5.08. The SMILES string of the molecule is C1=C(c2ccc(-n3c(-c4cccnc4)ccc3-c3cccnc3)cc2)CC(n2c3ccccc3c3ccccc32)C=C1n1c2ccccc2c2ccccc21. The van der Waals surface area contributed by atoms with Gasteiger partial charge in [0.15, 0.2) is 0 Å².